The SMILES string of the molecule is CC(=O)c1sc(NC(=O)c2ccc(CSc3nccn3C)o2)nc1-c1ccccc1. The van der Waals surface area contributed by atoms with Gasteiger partial charge in [0.25, 0.3) is 5.91 Å². The molecule has 0 aliphatic heterocycles. The summed E-state index contributed by atoms with van der Waals surface area (Å²) in [4.78, 5) is 33.8. The number of ketones is 1. The van der Waals surface area contributed by atoms with Gasteiger partial charge in [0.2, 0.25) is 0 Å². The maximum Gasteiger partial charge on any atom is 0.293 e. The van der Waals surface area contributed by atoms with Crippen molar-refractivity contribution in [3.8, 4) is 11.3 Å². The van der Waals surface area contributed by atoms with E-state index in [0.29, 0.717) is 27.2 Å². The molecule has 3 heterocycles. The number of anilines is 1. The minimum atomic E-state index is -0.410. The molecule has 4 aromatic rings. The molecule has 9 heteroatoms. The van der Waals surface area contributed by atoms with E-state index in [1.807, 2.05) is 48.1 Å². The van der Waals surface area contributed by atoms with Crippen LogP contribution in [0.4, 0.5) is 5.13 Å². The number of carbonyl (C=O) groups excluding carboxylic acids is 2. The zero-order chi connectivity index (χ0) is 21.1. The van der Waals surface area contributed by atoms with Gasteiger partial charge in [-0.05, 0) is 12.1 Å². The second-order valence-corrected chi connectivity index (χ2v) is 8.39. The van der Waals surface area contributed by atoms with Crippen molar-refractivity contribution in [1.29, 1.82) is 0 Å². The van der Waals surface area contributed by atoms with Crippen molar-refractivity contribution in [3.05, 3.63) is 71.3 Å². The number of hydrogen-bond donors (Lipinski definition) is 1. The standard InChI is InChI=1S/C21H18N4O3S2/c1-13(26)18-17(14-6-4-3-5-7-14)23-20(30-18)24-19(27)16-9-8-15(28-16)12-29-21-22-10-11-25(21)2/h3-11H,12H2,1-2H3,(H,23,24,27). The molecule has 1 N–H and O–H groups in total. The van der Waals surface area contributed by atoms with E-state index in [1.165, 1.54) is 18.7 Å². The molecule has 152 valence electrons. The van der Waals surface area contributed by atoms with Gasteiger partial charge < -0.3 is 8.98 Å². The summed E-state index contributed by atoms with van der Waals surface area (Å²) in [5.74, 6) is 0.903. The average molecular weight is 439 g/mol. The van der Waals surface area contributed by atoms with E-state index in [4.69, 9.17) is 4.42 Å². The molecule has 0 unspecified atom stereocenters. The van der Waals surface area contributed by atoms with Crippen LogP contribution in [0.3, 0.4) is 0 Å². The van der Waals surface area contributed by atoms with Crippen molar-refractivity contribution in [2.75, 3.05) is 5.32 Å². The van der Waals surface area contributed by atoms with Crippen LogP contribution in [0.2, 0.25) is 0 Å². The van der Waals surface area contributed by atoms with Gasteiger partial charge >= 0.3 is 0 Å². The van der Waals surface area contributed by atoms with Crippen LogP contribution in [0.15, 0.2) is 64.4 Å². The van der Waals surface area contributed by atoms with Crippen molar-refractivity contribution >= 4 is 39.9 Å². The molecule has 0 saturated carbocycles. The first-order chi connectivity index (χ1) is 14.5. The van der Waals surface area contributed by atoms with Crippen LogP contribution in [0.25, 0.3) is 11.3 Å². The lowest BCUT2D eigenvalue weighted by Crippen LogP contribution is -2.10. The van der Waals surface area contributed by atoms with E-state index in [2.05, 4.69) is 15.3 Å². The molecule has 1 amide bonds. The Morgan fingerprint density at radius 3 is 2.70 bits per heavy atom. The predicted molar refractivity (Wildman–Crippen MR) is 117 cm³/mol. The van der Waals surface area contributed by atoms with Gasteiger partial charge in [0.1, 0.15) is 5.76 Å². The molecule has 1 aromatic carbocycles. The Bertz CT molecular complexity index is 1190. The van der Waals surface area contributed by atoms with Crippen molar-refractivity contribution in [2.24, 2.45) is 7.05 Å². The number of thiazole rings is 1. The summed E-state index contributed by atoms with van der Waals surface area (Å²) >= 11 is 2.67. The molecule has 30 heavy (non-hydrogen) atoms. The van der Waals surface area contributed by atoms with E-state index in [9.17, 15) is 9.59 Å². The Balaban J connectivity index is 1.47. The molecule has 0 spiro atoms. The van der Waals surface area contributed by atoms with E-state index >= 15 is 0 Å². The maximum absolute atomic E-state index is 12.6. The highest BCUT2D eigenvalue weighted by Gasteiger charge is 2.19. The Labute approximate surface area is 181 Å². The second-order valence-electron chi connectivity index (χ2n) is 6.45. The van der Waals surface area contributed by atoms with Crippen LogP contribution >= 0.6 is 23.1 Å². The van der Waals surface area contributed by atoms with Gasteiger partial charge in [0.05, 0.1) is 16.3 Å². The fraction of sp³-hybridized carbons (Fsp3) is 0.143. The van der Waals surface area contributed by atoms with Gasteiger partial charge in [-0.25, -0.2) is 9.97 Å². The number of thioether (sulfide) groups is 1. The monoisotopic (exact) mass is 438 g/mol. The molecule has 0 saturated heterocycles. The van der Waals surface area contributed by atoms with Crippen LogP contribution in [0, 0.1) is 0 Å². The molecule has 0 atom stereocenters. The molecule has 0 radical (unpaired) electrons. The fourth-order valence-corrected chi connectivity index (χ4v) is 4.47. The largest absolute Gasteiger partial charge is 0.455 e. The lowest BCUT2D eigenvalue weighted by molar-refractivity contribution is 0.0992. The number of amides is 1. The third-order valence-corrected chi connectivity index (χ3v) is 6.37. The molecular weight excluding hydrogens is 420 g/mol. The zero-order valence-electron chi connectivity index (χ0n) is 16.3. The Kier molecular flexibility index (Phi) is 5.82. The summed E-state index contributed by atoms with van der Waals surface area (Å²) in [7, 11) is 1.92. The smallest absolute Gasteiger partial charge is 0.293 e. The van der Waals surface area contributed by atoms with Crippen molar-refractivity contribution in [3.63, 3.8) is 0 Å². The van der Waals surface area contributed by atoms with E-state index in [0.717, 1.165) is 22.1 Å². The number of carbonyl (C=O) groups is 2. The molecule has 0 aliphatic carbocycles. The third-order valence-electron chi connectivity index (χ3n) is 4.22. The number of aryl methyl sites for hydroxylation is 1. The maximum atomic E-state index is 12.6. The lowest BCUT2D eigenvalue weighted by atomic mass is 10.1. The van der Waals surface area contributed by atoms with E-state index in [1.54, 1.807) is 18.3 Å². The Hall–Kier alpha value is -3.17. The number of aromatic nitrogens is 3. The minimum Gasteiger partial charge on any atom is -0.455 e. The van der Waals surface area contributed by atoms with Gasteiger partial charge in [-0.15, -0.1) is 0 Å². The molecule has 0 aliphatic rings. The van der Waals surface area contributed by atoms with Gasteiger partial charge in [0, 0.05) is 31.9 Å². The highest BCUT2D eigenvalue weighted by Crippen LogP contribution is 2.32. The molecule has 4 rings (SSSR count). The first-order valence-corrected chi connectivity index (χ1v) is 10.9. The fourth-order valence-electron chi connectivity index (χ4n) is 2.77. The van der Waals surface area contributed by atoms with Gasteiger partial charge in [-0.2, -0.15) is 0 Å². The molecule has 3 aromatic heterocycles. The van der Waals surface area contributed by atoms with Gasteiger partial charge in [0.15, 0.2) is 21.8 Å². The molecule has 7 nitrogen and oxygen atoms in total. The highest BCUT2D eigenvalue weighted by atomic mass is 32.2. The summed E-state index contributed by atoms with van der Waals surface area (Å²) in [6, 6.07) is 12.8. The van der Waals surface area contributed by atoms with Crippen LogP contribution in [-0.4, -0.2) is 26.2 Å². The Morgan fingerprint density at radius 1 is 1.20 bits per heavy atom. The van der Waals surface area contributed by atoms with Crippen LogP contribution < -0.4 is 5.32 Å². The molecule has 0 fully saturated rings. The quantitative estimate of drug-likeness (QED) is 0.327. The second kappa shape index (κ2) is 8.68. The van der Waals surface area contributed by atoms with E-state index < -0.39 is 5.91 Å². The van der Waals surface area contributed by atoms with E-state index in [-0.39, 0.29) is 11.5 Å². The number of hydrogen-bond acceptors (Lipinski definition) is 7. The van der Waals surface area contributed by atoms with Crippen molar-refractivity contribution in [2.45, 2.75) is 17.8 Å². The topological polar surface area (TPSA) is 90.0 Å². The predicted octanol–water partition coefficient (Wildman–Crippen LogP) is 4.88. The normalized spacial score (nSPS) is 10.9. The van der Waals surface area contributed by atoms with Gasteiger partial charge in [-0.3, -0.25) is 14.9 Å². The minimum absolute atomic E-state index is 0.0987. The highest BCUT2D eigenvalue weighted by molar-refractivity contribution is 7.98. The summed E-state index contributed by atoms with van der Waals surface area (Å²) in [5, 5.41) is 3.95. The number of imidazole rings is 1. The van der Waals surface area contributed by atoms with Crippen molar-refractivity contribution in [1.82, 2.24) is 14.5 Å². The first-order valence-electron chi connectivity index (χ1n) is 9.08. The van der Waals surface area contributed by atoms with Crippen LogP contribution in [-0.2, 0) is 12.8 Å². The number of rotatable bonds is 7. The number of nitrogens with zero attached hydrogens (tertiary/aromatic N) is 3. The molecular formula is C21H18N4O3S2. The number of nitrogens with one attached hydrogen (secondary N) is 1. The zero-order valence-corrected chi connectivity index (χ0v) is 17.9. The molecule has 0 bridgehead atoms. The summed E-state index contributed by atoms with van der Waals surface area (Å²) in [5.41, 5.74) is 1.39. The number of furan rings is 1. The summed E-state index contributed by atoms with van der Waals surface area (Å²) in [6.45, 7) is 1.49. The van der Waals surface area contributed by atoms with Crippen LogP contribution in [0.1, 0.15) is 32.9 Å². The Morgan fingerprint density at radius 2 is 2.00 bits per heavy atom. The summed E-state index contributed by atoms with van der Waals surface area (Å²) in [6.07, 6.45) is 3.60. The average Bonchev–Trinajstić information content (AvgIpc) is 3.47. The lowest BCUT2D eigenvalue weighted by Gasteiger charge is -2.00. The number of Topliss-reactive ketones (excluding diaryl/α,β-unsaturated/α-hetero) is 1. The van der Waals surface area contributed by atoms with Crippen LogP contribution in [0.5, 0.6) is 0 Å². The van der Waals surface area contributed by atoms with Gasteiger partial charge in [-0.1, -0.05) is 53.4 Å². The summed E-state index contributed by atoms with van der Waals surface area (Å²) < 4.78 is 7.58. The first kappa shape index (κ1) is 20.1. The van der Waals surface area contributed by atoms with Crippen molar-refractivity contribution < 1.29 is 14.0 Å². The third kappa shape index (κ3) is 4.37. The number of benzene rings is 1.